The molecule has 0 radical (unpaired) electrons. The number of piperidine rings is 1. The quantitative estimate of drug-likeness (QED) is 0.478. The first-order valence-corrected chi connectivity index (χ1v) is 13.4. The zero-order chi connectivity index (χ0) is 21.6. The molecule has 31 heavy (non-hydrogen) atoms. The van der Waals surface area contributed by atoms with Crippen LogP contribution in [0.4, 0.5) is 5.69 Å². The highest BCUT2D eigenvalue weighted by Gasteiger charge is 2.28. The van der Waals surface area contributed by atoms with Gasteiger partial charge in [-0.15, -0.1) is 0 Å². The van der Waals surface area contributed by atoms with Crippen LogP contribution in [0, 0.1) is 11.8 Å². The van der Waals surface area contributed by atoms with Crippen molar-refractivity contribution in [2.75, 3.05) is 36.8 Å². The van der Waals surface area contributed by atoms with E-state index in [2.05, 4.69) is 96.9 Å². The van der Waals surface area contributed by atoms with Gasteiger partial charge in [0.1, 0.15) is 0 Å². The molecule has 0 amide bonds. The molecule has 0 aliphatic carbocycles. The van der Waals surface area contributed by atoms with Crippen LogP contribution in [0.25, 0.3) is 0 Å². The monoisotopic (exact) mass is 436 g/mol. The number of anilines is 1. The van der Waals surface area contributed by atoms with Gasteiger partial charge in [-0.25, -0.2) is 0 Å². The fourth-order valence-corrected chi connectivity index (χ4v) is 6.68. The lowest BCUT2D eigenvalue weighted by Gasteiger charge is -2.39. The minimum Gasteiger partial charge on any atom is -0.370 e. The molecule has 3 heteroatoms. The fraction of sp³-hybridized carbons (Fsp3) is 0.571. The third kappa shape index (κ3) is 6.29. The molecule has 0 N–H and O–H groups in total. The van der Waals surface area contributed by atoms with Gasteiger partial charge < -0.3 is 4.90 Å². The smallest absolute Gasteiger partial charge is 0.0367 e. The molecule has 2 fully saturated rings. The Hall–Kier alpha value is -1.45. The molecule has 2 heterocycles. The van der Waals surface area contributed by atoms with Crippen LogP contribution in [0.2, 0.25) is 0 Å². The minimum atomic E-state index is 0.610. The normalized spacial score (nSPS) is 22.1. The predicted octanol–water partition coefficient (Wildman–Crippen LogP) is 6.67. The van der Waals surface area contributed by atoms with Crippen LogP contribution >= 0.6 is 11.8 Å². The zero-order valence-corrected chi connectivity index (χ0v) is 20.5. The SMILES string of the molecule is CC(C)c1ccc(N2CCSC(CC(C)C3CCN(Cc4ccccc4)CC3)C2)cc1. The van der Waals surface area contributed by atoms with Crippen molar-refractivity contribution >= 4 is 17.4 Å². The molecule has 168 valence electrons. The number of benzene rings is 2. The number of hydrogen-bond acceptors (Lipinski definition) is 3. The Morgan fingerprint density at radius 2 is 1.61 bits per heavy atom. The van der Waals surface area contributed by atoms with E-state index in [1.807, 2.05) is 0 Å². The highest BCUT2D eigenvalue weighted by atomic mass is 32.2. The van der Waals surface area contributed by atoms with Gasteiger partial charge in [0.15, 0.2) is 0 Å². The Morgan fingerprint density at radius 3 is 2.29 bits per heavy atom. The topological polar surface area (TPSA) is 6.48 Å². The molecule has 2 saturated heterocycles. The molecular weight excluding hydrogens is 396 g/mol. The van der Waals surface area contributed by atoms with Gasteiger partial charge in [-0.1, -0.05) is 63.2 Å². The van der Waals surface area contributed by atoms with Gasteiger partial charge in [-0.05, 0) is 73.4 Å². The molecule has 0 spiro atoms. The standard InChI is InChI=1S/C28H40N2S/c1-22(2)25-9-11-27(12-10-25)30-17-18-31-28(21-30)19-23(3)26-13-15-29(16-14-26)20-24-7-5-4-6-8-24/h4-12,22-23,26,28H,13-21H2,1-3H3. The van der Waals surface area contributed by atoms with Crippen LogP contribution in [0.1, 0.15) is 57.1 Å². The van der Waals surface area contributed by atoms with Crippen molar-refractivity contribution in [1.29, 1.82) is 0 Å². The second-order valence-corrected chi connectivity index (χ2v) is 11.4. The molecule has 0 saturated carbocycles. The number of thioether (sulfide) groups is 1. The summed E-state index contributed by atoms with van der Waals surface area (Å²) < 4.78 is 0. The third-order valence-electron chi connectivity index (χ3n) is 7.38. The van der Waals surface area contributed by atoms with E-state index in [9.17, 15) is 0 Å². The van der Waals surface area contributed by atoms with Crippen LogP contribution in [0.15, 0.2) is 54.6 Å². The van der Waals surface area contributed by atoms with Gasteiger partial charge in [0.25, 0.3) is 0 Å². The van der Waals surface area contributed by atoms with Crippen LogP contribution < -0.4 is 4.90 Å². The number of hydrogen-bond donors (Lipinski definition) is 0. The molecule has 2 atom stereocenters. The Labute approximate surface area is 194 Å². The van der Waals surface area contributed by atoms with Crippen molar-refractivity contribution in [3.63, 3.8) is 0 Å². The van der Waals surface area contributed by atoms with Crippen LogP contribution in [-0.2, 0) is 6.54 Å². The average molecular weight is 437 g/mol. The minimum absolute atomic E-state index is 0.610. The summed E-state index contributed by atoms with van der Waals surface area (Å²) in [6, 6.07) is 20.3. The Kier molecular flexibility index (Phi) is 8.01. The molecule has 2 aromatic carbocycles. The number of rotatable bonds is 7. The predicted molar refractivity (Wildman–Crippen MR) is 137 cm³/mol. The van der Waals surface area contributed by atoms with E-state index >= 15 is 0 Å². The molecule has 0 bridgehead atoms. The Bertz CT molecular complexity index is 780. The maximum Gasteiger partial charge on any atom is 0.0367 e. The first-order valence-electron chi connectivity index (χ1n) is 12.3. The van der Waals surface area contributed by atoms with Crippen LogP contribution in [-0.4, -0.2) is 42.1 Å². The summed E-state index contributed by atoms with van der Waals surface area (Å²) >= 11 is 2.21. The molecule has 2 aromatic rings. The van der Waals surface area contributed by atoms with E-state index in [1.165, 1.54) is 68.0 Å². The van der Waals surface area contributed by atoms with Gasteiger partial charge in [0.05, 0.1) is 0 Å². The maximum atomic E-state index is 2.65. The lowest BCUT2D eigenvalue weighted by atomic mass is 9.82. The molecule has 2 aliphatic heterocycles. The van der Waals surface area contributed by atoms with E-state index in [-0.39, 0.29) is 0 Å². The van der Waals surface area contributed by atoms with Gasteiger partial charge in [0.2, 0.25) is 0 Å². The maximum absolute atomic E-state index is 2.65. The number of likely N-dealkylation sites (tertiary alicyclic amines) is 1. The van der Waals surface area contributed by atoms with Crippen LogP contribution in [0.3, 0.4) is 0 Å². The summed E-state index contributed by atoms with van der Waals surface area (Å²) in [5.41, 5.74) is 4.31. The van der Waals surface area contributed by atoms with Gasteiger partial charge in [0, 0.05) is 36.3 Å². The highest BCUT2D eigenvalue weighted by Crippen LogP contribution is 2.34. The summed E-state index contributed by atoms with van der Waals surface area (Å²) in [4.78, 5) is 5.27. The van der Waals surface area contributed by atoms with Crippen molar-refractivity contribution in [3.8, 4) is 0 Å². The van der Waals surface area contributed by atoms with Crippen molar-refractivity contribution in [1.82, 2.24) is 4.90 Å². The summed E-state index contributed by atoms with van der Waals surface area (Å²) in [5.74, 6) is 3.60. The van der Waals surface area contributed by atoms with Gasteiger partial charge in [-0.3, -0.25) is 4.90 Å². The molecular formula is C28H40N2S. The second kappa shape index (κ2) is 10.9. The van der Waals surface area contributed by atoms with Gasteiger partial charge in [-0.2, -0.15) is 11.8 Å². The lowest BCUT2D eigenvalue weighted by Crippen LogP contribution is -2.40. The third-order valence-corrected chi connectivity index (χ3v) is 8.62. The van der Waals surface area contributed by atoms with Gasteiger partial charge >= 0.3 is 0 Å². The molecule has 0 aromatic heterocycles. The lowest BCUT2D eigenvalue weighted by molar-refractivity contribution is 0.143. The van der Waals surface area contributed by atoms with E-state index in [4.69, 9.17) is 0 Å². The Balaban J connectivity index is 1.24. The summed E-state index contributed by atoms with van der Waals surface area (Å²) in [6.45, 7) is 13.1. The molecule has 2 aliphatic rings. The number of nitrogens with zero attached hydrogens (tertiary/aromatic N) is 2. The molecule has 4 rings (SSSR count). The molecule has 2 unspecified atom stereocenters. The summed E-state index contributed by atoms with van der Waals surface area (Å²) in [7, 11) is 0. The van der Waals surface area contributed by atoms with E-state index in [1.54, 1.807) is 0 Å². The largest absolute Gasteiger partial charge is 0.370 e. The first-order chi connectivity index (χ1) is 15.1. The van der Waals surface area contributed by atoms with Crippen LogP contribution in [0.5, 0.6) is 0 Å². The van der Waals surface area contributed by atoms with E-state index in [0.717, 1.165) is 23.6 Å². The summed E-state index contributed by atoms with van der Waals surface area (Å²) in [5, 5.41) is 0.774. The first kappa shape index (κ1) is 22.7. The van der Waals surface area contributed by atoms with E-state index in [0.29, 0.717) is 5.92 Å². The highest BCUT2D eigenvalue weighted by molar-refractivity contribution is 8.00. The summed E-state index contributed by atoms with van der Waals surface area (Å²) in [6.07, 6.45) is 4.10. The second-order valence-electron chi connectivity index (χ2n) is 10.00. The Morgan fingerprint density at radius 1 is 0.903 bits per heavy atom. The van der Waals surface area contributed by atoms with Crippen molar-refractivity contribution in [3.05, 3.63) is 65.7 Å². The average Bonchev–Trinajstić information content (AvgIpc) is 2.80. The van der Waals surface area contributed by atoms with Crippen molar-refractivity contribution in [2.24, 2.45) is 11.8 Å². The zero-order valence-electron chi connectivity index (χ0n) is 19.7. The fourth-order valence-electron chi connectivity index (χ4n) is 5.30. The molecule has 2 nitrogen and oxygen atoms in total. The van der Waals surface area contributed by atoms with Crippen molar-refractivity contribution in [2.45, 2.75) is 57.7 Å². The van der Waals surface area contributed by atoms with E-state index < -0.39 is 0 Å². The van der Waals surface area contributed by atoms with Crippen molar-refractivity contribution < 1.29 is 0 Å².